The molecular weight excluding hydrogens is 288 g/mol. The van der Waals surface area contributed by atoms with Gasteiger partial charge in [-0.25, -0.2) is 0 Å². The summed E-state index contributed by atoms with van der Waals surface area (Å²) in [4.78, 5) is 10.5. The highest BCUT2D eigenvalue weighted by Crippen LogP contribution is 2.02. The van der Waals surface area contributed by atoms with E-state index in [1.165, 1.54) is 0 Å². The zero-order chi connectivity index (χ0) is 24.2. The van der Waals surface area contributed by atoms with E-state index in [1.807, 2.05) is 6.92 Å². The van der Waals surface area contributed by atoms with Crippen molar-refractivity contribution in [2.45, 2.75) is 70.8 Å². The molecule has 0 amide bonds. The van der Waals surface area contributed by atoms with E-state index in [2.05, 4.69) is 0 Å². The van der Waals surface area contributed by atoms with Crippen LogP contribution >= 0.6 is 0 Å². The minimum atomic E-state index is -2.53. The number of aliphatic carboxylic acids is 1. The van der Waals surface area contributed by atoms with Crippen molar-refractivity contribution in [3.8, 4) is 0 Å². The molecule has 23 heavy (non-hydrogen) atoms. The second-order valence-electron chi connectivity index (χ2n) is 4.82. The highest BCUT2D eigenvalue weighted by molar-refractivity contribution is 5.66. The smallest absolute Gasteiger partial charge is 0.303 e. The first-order valence-electron chi connectivity index (χ1n) is 11.9. The lowest BCUT2D eigenvalue weighted by molar-refractivity contribution is -0.137. The summed E-state index contributed by atoms with van der Waals surface area (Å²) in [6.07, 6.45) is 0.334. The van der Waals surface area contributed by atoms with Crippen LogP contribution in [0.5, 0.6) is 0 Å². The molecule has 0 aliphatic carbocycles. The number of hydrogen-bond acceptors (Lipinski definition) is 2. The largest absolute Gasteiger partial charge is 0.481 e. The minimum Gasteiger partial charge on any atom is -0.481 e. The predicted molar refractivity (Wildman–Crippen MR) is 97.4 cm³/mol. The number of carboxylic acids is 1. The number of unbranched alkanes of at least 4 members (excludes halogenated alkanes) is 2. The van der Waals surface area contributed by atoms with Crippen molar-refractivity contribution in [2.24, 2.45) is 0 Å². The van der Waals surface area contributed by atoms with Crippen molar-refractivity contribution in [3.05, 3.63) is 48.4 Å². The lowest BCUT2D eigenvalue weighted by Crippen LogP contribution is -1.98. The van der Waals surface area contributed by atoms with Crippen LogP contribution in [-0.2, 0) is 4.79 Å². The number of rotatable bonds is 14. The van der Waals surface area contributed by atoms with Gasteiger partial charge in [0.05, 0.1) is 17.0 Å². The lowest BCUT2D eigenvalue weighted by Gasteiger charge is -1.99. The van der Waals surface area contributed by atoms with Crippen molar-refractivity contribution >= 4 is 5.97 Å². The Bertz CT molecular complexity index is 739. The summed E-state index contributed by atoms with van der Waals surface area (Å²) >= 11 is 0. The van der Waals surface area contributed by atoms with Gasteiger partial charge >= 0.3 is 5.97 Å². The van der Waals surface area contributed by atoms with Crippen molar-refractivity contribution in [2.75, 3.05) is 0 Å². The van der Waals surface area contributed by atoms with Crippen LogP contribution in [0.15, 0.2) is 48.4 Å². The number of aliphatic hydroxyl groups is 1. The molecule has 0 aliphatic rings. The fourth-order valence-corrected chi connectivity index (χ4v) is 1.49. The van der Waals surface area contributed by atoms with Crippen LogP contribution in [-0.4, -0.2) is 22.3 Å². The average Bonchev–Trinajstić information content (AvgIpc) is 2.66. The summed E-state index contributed by atoms with van der Waals surface area (Å²) in [6, 6.07) is -2.27. The number of hydrogen-bond donors (Lipinski definition) is 2. The second-order valence-corrected chi connectivity index (χ2v) is 4.82. The summed E-state index contributed by atoms with van der Waals surface area (Å²) in [5.74, 6) is -1.01. The third kappa shape index (κ3) is 18.3. The van der Waals surface area contributed by atoms with Crippen LogP contribution in [0.4, 0.5) is 0 Å². The summed E-state index contributed by atoms with van der Waals surface area (Å²) in [7, 11) is 0. The zero-order valence-corrected chi connectivity index (χ0v) is 13.7. The van der Waals surface area contributed by atoms with Crippen LogP contribution in [0.1, 0.15) is 75.7 Å². The lowest BCUT2D eigenvalue weighted by atomic mass is 10.1. The Morgan fingerprint density at radius 2 is 1.87 bits per heavy atom. The first kappa shape index (κ1) is 11.0. The maximum Gasteiger partial charge on any atom is 0.303 e. The van der Waals surface area contributed by atoms with E-state index in [0.717, 1.165) is 25.3 Å². The molecule has 0 aromatic rings. The Morgan fingerprint density at radius 3 is 2.61 bits per heavy atom. The maximum absolute atomic E-state index is 10.5. The van der Waals surface area contributed by atoms with E-state index in [0.29, 0.717) is 6.42 Å². The molecule has 3 nitrogen and oxygen atoms in total. The number of allylic oxidation sites excluding steroid dienone is 6. The highest BCUT2D eigenvalue weighted by atomic mass is 16.4. The molecule has 0 spiro atoms. The number of carboxylic acid groups (broad SMARTS) is 1. The molecular formula is C20H32O3. The van der Waals surface area contributed by atoms with Gasteiger partial charge < -0.3 is 10.2 Å². The Hall–Kier alpha value is -1.61. The molecule has 0 aliphatic heterocycles. The molecule has 1 atom stereocenters. The highest BCUT2D eigenvalue weighted by Gasteiger charge is 1.93. The molecule has 0 aromatic heterocycles. The Kier molecular flexibility index (Phi) is 8.04. The van der Waals surface area contributed by atoms with Gasteiger partial charge in [-0.2, -0.15) is 0 Å². The molecule has 0 saturated heterocycles. The van der Waals surface area contributed by atoms with E-state index in [1.54, 1.807) is 0 Å². The van der Waals surface area contributed by atoms with Crippen molar-refractivity contribution in [3.63, 3.8) is 0 Å². The molecule has 130 valence electrons. The molecule has 0 aromatic carbocycles. The molecule has 0 rings (SSSR count). The van der Waals surface area contributed by atoms with E-state index in [-0.39, 0.29) is 49.9 Å². The van der Waals surface area contributed by atoms with Gasteiger partial charge in [0.25, 0.3) is 0 Å². The normalized spacial score (nSPS) is 23.1. The first-order valence-corrected chi connectivity index (χ1v) is 7.91. The van der Waals surface area contributed by atoms with Gasteiger partial charge in [-0.1, -0.05) is 68.2 Å². The Morgan fingerprint density at radius 1 is 1.13 bits per heavy atom. The van der Waals surface area contributed by atoms with Gasteiger partial charge in [-0.3, -0.25) is 4.79 Å². The maximum atomic E-state index is 10.5. The summed E-state index contributed by atoms with van der Waals surface area (Å²) < 4.78 is 62.7. The first-order chi connectivity index (χ1) is 14.3. The van der Waals surface area contributed by atoms with Crippen LogP contribution in [0.25, 0.3) is 0 Å². The molecule has 0 saturated carbocycles. The second kappa shape index (κ2) is 16.8. The summed E-state index contributed by atoms with van der Waals surface area (Å²) in [5, 5.41) is 18.8. The van der Waals surface area contributed by atoms with Crippen molar-refractivity contribution in [1.82, 2.24) is 0 Å². The standard InChI is InChI=1S/C20H32O3/c1-2-3-4-5-10-13-16-19(21)17-14-11-8-6-7-9-12-15-18-20(22)23/h7-11,13-14,17,19,21H,2-6,12,15-16,18H2,1H3,(H,22,23)/b9-7+,11-8+,13-10+,17-14+/t19-/m0/s1/i7D,8D,9D,10D,11D,13D,17D,19D. The molecule has 0 heterocycles. The summed E-state index contributed by atoms with van der Waals surface area (Å²) in [6.45, 7) is 2.00. The fourth-order valence-electron chi connectivity index (χ4n) is 1.49. The fraction of sp³-hybridized carbons (Fsp3) is 0.550. The van der Waals surface area contributed by atoms with Crippen LogP contribution in [0, 0.1) is 0 Å². The molecule has 0 unspecified atom stereocenters. The van der Waals surface area contributed by atoms with Gasteiger partial charge in [-0.15, -0.1) is 0 Å². The van der Waals surface area contributed by atoms with Crippen molar-refractivity contribution in [1.29, 1.82) is 0 Å². The molecule has 0 radical (unpaired) electrons. The van der Waals surface area contributed by atoms with Gasteiger partial charge in [0.1, 0.15) is 0 Å². The molecule has 3 heteroatoms. The van der Waals surface area contributed by atoms with E-state index >= 15 is 0 Å². The summed E-state index contributed by atoms with van der Waals surface area (Å²) in [5.41, 5.74) is 0. The quantitative estimate of drug-likeness (QED) is 0.262. The number of carbonyl (C=O) groups is 1. The monoisotopic (exact) mass is 328 g/mol. The molecule has 2 N–H and O–H groups in total. The third-order valence-electron chi connectivity index (χ3n) is 2.69. The molecule has 0 fully saturated rings. The van der Waals surface area contributed by atoms with Gasteiger partial charge in [0.2, 0.25) is 0 Å². The van der Waals surface area contributed by atoms with Gasteiger partial charge in [0.15, 0.2) is 0 Å². The van der Waals surface area contributed by atoms with E-state index < -0.39 is 36.6 Å². The van der Waals surface area contributed by atoms with Gasteiger partial charge in [-0.05, 0) is 38.5 Å². The zero-order valence-electron chi connectivity index (χ0n) is 21.7. The molecule has 0 bridgehead atoms. The average molecular weight is 329 g/mol. The van der Waals surface area contributed by atoms with Crippen LogP contribution < -0.4 is 0 Å². The van der Waals surface area contributed by atoms with Crippen molar-refractivity contribution < 1.29 is 26.0 Å². The third-order valence-corrected chi connectivity index (χ3v) is 2.69. The van der Waals surface area contributed by atoms with E-state index in [4.69, 9.17) is 16.1 Å². The van der Waals surface area contributed by atoms with Gasteiger partial charge in [0, 0.05) is 6.42 Å². The van der Waals surface area contributed by atoms with E-state index in [9.17, 15) is 9.90 Å². The minimum absolute atomic E-state index is 0.00963. The van der Waals surface area contributed by atoms with Crippen LogP contribution in [0.2, 0.25) is 0 Å². The topological polar surface area (TPSA) is 57.5 Å². The Labute approximate surface area is 152 Å². The van der Waals surface area contributed by atoms with Crippen LogP contribution in [0.3, 0.4) is 0 Å². The SMILES string of the molecule is [2H]/C(=C\C([2H])=C(/[2H])C/C([2H])=C(\[2H])CCCC(=O)O)[C@@]([2H])(O)C/C([2H])=C(\[2H])CCCCC. The predicted octanol–water partition coefficient (Wildman–Crippen LogP) is 5.19. The Balaban J connectivity index is 5.24.